The van der Waals surface area contributed by atoms with Crippen molar-refractivity contribution in [3.8, 4) is 0 Å². The number of nitrogens with two attached hydrogens (primary N) is 1. The second kappa shape index (κ2) is 4.23. The van der Waals surface area contributed by atoms with Crippen LogP contribution in [-0.4, -0.2) is 16.6 Å². The number of hydrogen-bond acceptors (Lipinski definition) is 2. The van der Waals surface area contributed by atoms with Crippen LogP contribution >= 0.6 is 11.6 Å². The fraction of sp³-hybridized carbons (Fsp3) is 0.273. The fourth-order valence-electron chi connectivity index (χ4n) is 1.76. The molecule has 1 unspecified atom stereocenters. The monoisotopic (exact) mass is 224 g/mol. The van der Waals surface area contributed by atoms with Crippen molar-refractivity contribution >= 4 is 22.5 Å². The van der Waals surface area contributed by atoms with Crippen LogP contribution in [0.4, 0.5) is 0 Å². The lowest BCUT2D eigenvalue weighted by Crippen LogP contribution is -2.06. The fourth-order valence-corrected chi connectivity index (χ4v) is 2.03. The number of benzene rings is 1. The van der Waals surface area contributed by atoms with E-state index in [0.717, 1.165) is 16.5 Å². The first-order valence-electron chi connectivity index (χ1n) is 4.87. The molecule has 0 saturated heterocycles. The highest BCUT2D eigenvalue weighted by Crippen LogP contribution is 2.31. The number of H-pyrrole nitrogens is 1. The van der Waals surface area contributed by atoms with Crippen molar-refractivity contribution in [3.05, 3.63) is 35.0 Å². The largest absolute Gasteiger partial charge is 0.388 e. The number of hydrogen-bond donors (Lipinski definition) is 3. The van der Waals surface area contributed by atoms with E-state index in [1.165, 1.54) is 0 Å². The summed E-state index contributed by atoms with van der Waals surface area (Å²) in [6, 6.07) is 5.70. The van der Waals surface area contributed by atoms with Crippen LogP contribution in [0, 0.1) is 0 Å². The number of halogens is 1. The van der Waals surface area contributed by atoms with Crippen molar-refractivity contribution in [1.82, 2.24) is 4.98 Å². The molecule has 1 atom stereocenters. The summed E-state index contributed by atoms with van der Waals surface area (Å²) in [5.74, 6) is 0. The summed E-state index contributed by atoms with van der Waals surface area (Å²) < 4.78 is 0. The van der Waals surface area contributed by atoms with Gasteiger partial charge in [-0.2, -0.15) is 0 Å². The third kappa shape index (κ3) is 1.86. The number of fused-ring (bicyclic) bond motifs is 1. The van der Waals surface area contributed by atoms with Crippen molar-refractivity contribution in [1.29, 1.82) is 0 Å². The molecule has 15 heavy (non-hydrogen) atoms. The summed E-state index contributed by atoms with van der Waals surface area (Å²) in [5, 5.41) is 11.4. The Morgan fingerprint density at radius 3 is 3.00 bits per heavy atom. The smallest absolute Gasteiger partial charge is 0.0809 e. The van der Waals surface area contributed by atoms with E-state index >= 15 is 0 Å². The highest BCUT2D eigenvalue weighted by Gasteiger charge is 2.13. The number of aromatic amines is 1. The molecule has 0 radical (unpaired) electrons. The van der Waals surface area contributed by atoms with E-state index in [1.807, 2.05) is 18.2 Å². The lowest BCUT2D eigenvalue weighted by Gasteiger charge is -2.11. The van der Waals surface area contributed by atoms with Gasteiger partial charge in [-0.1, -0.05) is 23.7 Å². The van der Waals surface area contributed by atoms with Crippen molar-refractivity contribution in [2.45, 2.75) is 12.5 Å². The number of aliphatic hydroxyl groups is 1. The van der Waals surface area contributed by atoms with E-state index in [-0.39, 0.29) is 0 Å². The molecule has 0 aliphatic rings. The second-order valence-electron chi connectivity index (χ2n) is 3.50. The maximum atomic E-state index is 9.91. The minimum absolute atomic E-state index is 0.458. The molecule has 0 fully saturated rings. The van der Waals surface area contributed by atoms with Gasteiger partial charge < -0.3 is 15.8 Å². The quantitative estimate of drug-likeness (QED) is 0.749. The SMILES string of the molecule is NCCC(O)c1cccc2[nH]cc(Cl)c12. The van der Waals surface area contributed by atoms with E-state index < -0.39 is 6.10 Å². The van der Waals surface area contributed by atoms with Crippen LogP contribution in [0.25, 0.3) is 10.9 Å². The number of aromatic nitrogens is 1. The zero-order valence-corrected chi connectivity index (χ0v) is 8.96. The topological polar surface area (TPSA) is 62.0 Å². The van der Waals surface area contributed by atoms with E-state index in [1.54, 1.807) is 6.20 Å². The maximum absolute atomic E-state index is 9.91. The molecule has 4 N–H and O–H groups in total. The van der Waals surface area contributed by atoms with Crippen LogP contribution in [0.15, 0.2) is 24.4 Å². The average Bonchev–Trinajstić information content (AvgIpc) is 2.61. The minimum Gasteiger partial charge on any atom is -0.388 e. The number of aliphatic hydroxyl groups excluding tert-OH is 1. The molecule has 1 aromatic carbocycles. The Bertz CT molecular complexity index is 467. The van der Waals surface area contributed by atoms with Crippen LogP contribution in [0.3, 0.4) is 0 Å². The summed E-state index contributed by atoms with van der Waals surface area (Å²) in [4.78, 5) is 3.05. The van der Waals surface area contributed by atoms with Gasteiger partial charge in [-0.25, -0.2) is 0 Å². The normalized spacial score (nSPS) is 13.3. The van der Waals surface area contributed by atoms with Crippen molar-refractivity contribution in [3.63, 3.8) is 0 Å². The van der Waals surface area contributed by atoms with Gasteiger partial charge in [0.05, 0.1) is 11.1 Å². The Labute approximate surface area is 92.9 Å². The first kappa shape index (κ1) is 10.5. The molecule has 80 valence electrons. The van der Waals surface area contributed by atoms with Gasteiger partial charge in [0, 0.05) is 17.1 Å². The highest BCUT2D eigenvalue weighted by atomic mass is 35.5. The molecular formula is C11H13ClN2O. The average molecular weight is 225 g/mol. The van der Waals surface area contributed by atoms with Gasteiger partial charge in [-0.3, -0.25) is 0 Å². The third-order valence-electron chi connectivity index (χ3n) is 2.49. The first-order valence-corrected chi connectivity index (χ1v) is 5.25. The molecule has 0 bridgehead atoms. The second-order valence-corrected chi connectivity index (χ2v) is 3.91. The number of nitrogens with one attached hydrogen (secondary N) is 1. The first-order chi connectivity index (χ1) is 7.24. The van der Waals surface area contributed by atoms with Crippen LogP contribution in [-0.2, 0) is 0 Å². The van der Waals surface area contributed by atoms with Crippen molar-refractivity contribution in [2.75, 3.05) is 6.54 Å². The van der Waals surface area contributed by atoms with E-state index in [9.17, 15) is 5.11 Å². The van der Waals surface area contributed by atoms with Crippen LogP contribution in [0.5, 0.6) is 0 Å². The van der Waals surface area contributed by atoms with Gasteiger partial charge >= 0.3 is 0 Å². The summed E-state index contributed by atoms with van der Waals surface area (Å²) in [6.45, 7) is 0.458. The minimum atomic E-state index is -0.549. The molecule has 0 aliphatic heterocycles. The molecule has 0 aliphatic carbocycles. The summed E-state index contributed by atoms with van der Waals surface area (Å²) in [7, 11) is 0. The Hall–Kier alpha value is -1.03. The Morgan fingerprint density at radius 1 is 1.47 bits per heavy atom. The molecule has 1 aromatic heterocycles. The van der Waals surface area contributed by atoms with E-state index in [4.69, 9.17) is 17.3 Å². The summed E-state index contributed by atoms with van der Waals surface area (Å²) in [5.41, 5.74) is 7.20. The van der Waals surface area contributed by atoms with Gasteiger partial charge in [0.1, 0.15) is 0 Å². The predicted octanol–water partition coefficient (Wildman–Crippen LogP) is 2.20. The van der Waals surface area contributed by atoms with E-state index in [0.29, 0.717) is 18.0 Å². The highest BCUT2D eigenvalue weighted by molar-refractivity contribution is 6.35. The molecular weight excluding hydrogens is 212 g/mol. The predicted molar refractivity (Wildman–Crippen MR) is 61.9 cm³/mol. The van der Waals surface area contributed by atoms with E-state index in [2.05, 4.69) is 4.98 Å². The van der Waals surface area contributed by atoms with Gasteiger partial charge in [0.25, 0.3) is 0 Å². The maximum Gasteiger partial charge on any atom is 0.0809 e. The zero-order valence-electron chi connectivity index (χ0n) is 8.20. The molecule has 3 nitrogen and oxygen atoms in total. The molecule has 4 heteroatoms. The standard InChI is InChI=1S/C11H13ClN2O/c12-8-6-14-9-3-1-2-7(11(8)9)10(15)4-5-13/h1-3,6,10,14-15H,4-5,13H2. The van der Waals surface area contributed by atoms with Gasteiger partial charge in [0.15, 0.2) is 0 Å². The van der Waals surface area contributed by atoms with Gasteiger partial charge in [-0.15, -0.1) is 0 Å². The number of rotatable bonds is 3. The van der Waals surface area contributed by atoms with Crippen molar-refractivity contribution in [2.24, 2.45) is 5.73 Å². The Balaban J connectivity index is 2.54. The van der Waals surface area contributed by atoms with Gasteiger partial charge in [-0.05, 0) is 24.6 Å². The van der Waals surface area contributed by atoms with Gasteiger partial charge in [0.2, 0.25) is 0 Å². The molecule has 0 spiro atoms. The Morgan fingerprint density at radius 2 is 2.27 bits per heavy atom. The molecule has 0 saturated carbocycles. The molecule has 1 heterocycles. The summed E-state index contributed by atoms with van der Waals surface area (Å²) in [6.07, 6.45) is 1.72. The van der Waals surface area contributed by atoms with Crippen LogP contribution in [0.1, 0.15) is 18.1 Å². The summed E-state index contributed by atoms with van der Waals surface area (Å²) >= 11 is 6.05. The van der Waals surface area contributed by atoms with Crippen LogP contribution in [0.2, 0.25) is 5.02 Å². The zero-order chi connectivity index (χ0) is 10.8. The molecule has 0 amide bonds. The molecule has 2 aromatic rings. The lowest BCUT2D eigenvalue weighted by atomic mass is 10.0. The Kier molecular flexibility index (Phi) is 2.95. The van der Waals surface area contributed by atoms with Crippen LogP contribution < -0.4 is 5.73 Å². The lowest BCUT2D eigenvalue weighted by molar-refractivity contribution is 0.172. The van der Waals surface area contributed by atoms with Crippen molar-refractivity contribution < 1.29 is 5.11 Å². The molecule has 2 rings (SSSR count). The third-order valence-corrected chi connectivity index (χ3v) is 2.79.